The Balaban J connectivity index is 2.09. The van der Waals surface area contributed by atoms with Gasteiger partial charge in [-0.3, -0.25) is 9.59 Å². The molecule has 1 aromatic carbocycles. The number of nitrogens with zero attached hydrogens (tertiary/aromatic N) is 1. The lowest BCUT2D eigenvalue weighted by Crippen LogP contribution is -2.34. The molecule has 3 N–H and O–H groups in total. The van der Waals surface area contributed by atoms with E-state index in [0.29, 0.717) is 6.54 Å². The average Bonchev–Trinajstić information content (AvgIpc) is 2.87. The summed E-state index contributed by atoms with van der Waals surface area (Å²) in [6.07, 6.45) is 2.77. The van der Waals surface area contributed by atoms with Crippen molar-refractivity contribution in [3.8, 4) is 0 Å². The van der Waals surface area contributed by atoms with E-state index in [2.05, 4.69) is 5.32 Å². The van der Waals surface area contributed by atoms with Gasteiger partial charge in [0.15, 0.2) is 0 Å². The van der Waals surface area contributed by atoms with Crippen molar-refractivity contribution in [2.75, 3.05) is 12.4 Å². The summed E-state index contributed by atoms with van der Waals surface area (Å²) in [4.78, 5) is 25.3. The third-order valence-corrected chi connectivity index (χ3v) is 4.13. The van der Waals surface area contributed by atoms with Crippen LogP contribution in [0.4, 0.5) is 5.69 Å². The maximum absolute atomic E-state index is 12.3. The highest BCUT2D eigenvalue weighted by molar-refractivity contribution is 5.94. The predicted octanol–water partition coefficient (Wildman–Crippen LogP) is 1.73. The van der Waals surface area contributed by atoms with Crippen LogP contribution in [0.2, 0.25) is 0 Å². The molecule has 0 heterocycles. The molecule has 1 aromatic rings. The molecule has 2 rings (SSSR count). The summed E-state index contributed by atoms with van der Waals surface area (Å²) in [6.45, 7) is 2.00. The molecule has 0 aliphatic heterocycles. The topological polar surface area (TPSA) is 75.4 Å². The molecule has 0 aromatic heterocycles. The molecule has 5 heteroatoms. The van der Waals surface area contributed by atoms with Crippen molar-refractivity contribution < 1.29 is 9.59 Å². The van der Waals surface area contributed by atoms with Crippen molar-refractivity contribution in [1.82, 2.24) is 4.90 Å². The summed E-state index contributed by atoms with van der Waals surface area (Å²) in [6, 6.07) is 7.52. The van der Waals surface area contributed by atoms with E-state index in [1.165, 1.54) is 6.92 Å². The zero-order valence-corrected chi connectivity index (χ0v) is 12.6. The fourth-order valence-corrected chi connectivity index (χ4v) is 2.69. The van der Waals surface area contributed by atoms with Crippen LogP contribution in [0.15, 0.2) is 24.3 Å². The first-order valence-corrected chi connectivity index (χ1v) is 7.35. The number of nitrogens with one attached hydrogen (secondary N) is 1. The second kappa shape index (κ2) is 6.72. The van der Waals surface area contributed by atoms with Crippen LogP contribution in [0, 0.1) is 5.92 Å². The van der Waals surface area contributed by atoms with Crippen LogP contribution in [0.1, 0.15) is 31.7 Å². The number of nitrogens with two attached hydrogens (primary N) is 1. The van der Waals surface area contributed by atoms with E-state index in [9.17, 15) is 9.59 Å². The number of para-hydroxylation sites is 1. The normalized spacial score (nSPS) is 21.1. The minimum absolute atomic E-state index is 0.00561. The second-order valence-electron chi connectivity index (χ2n) is 5.72. The van der Waals surface area contributed by atoms with Crippen molar-refractivity contribution in [3.63, 3.8) is 0 Å². The first-order chi connectivity index (χ1) is 9.99. The van der Waals surface area contributed by atoms with E-state index >= 15 is 0 Å². The third kappa shape index (κ3) is 3.82. The smallest absolute Gasteiger partial charge is 0.229 e. The Labute approximate surface area is 125 Å². The van der Waals surface area contributed by atoms with E-state index < -0.39 is 0 Å². The van der Waals surface area contributed by atoms with Crippen LogP contribution >= 0.6 is 0 Å². The maximum Gasteiger partial charge on any atom is 0.229 e. The average molecular weight is 289 g/mol. The highest BCUT2D eigenvalue weighted by atomic mass is 16.2. The monoisotopic (exact) mass is 289 g/mol. The molecule has 1 aliphatic carbocycles. The van der Waals surface area contributed by atoms with E-state index in [-0.39, 0.29) is 23.8 Å². The number of benzene rings is 1. The molecule has 21 heavy (non-hydrogen) atoms. The molecule has 0 bridgehead atoms. The van der Waals surface area contributed by atoms with Gasteiger partial charge in [0, 0.05) is 32.2 Å². The lowest BCUT2D eigenvalue weighted by molar-refractivity contribution is -0.128. The first kappa shape index (κ1) is 15.5. The molecule has 0 spiro atoms. The summed E-state index contributed by atoms with van der Waals surface area (Å²) in [5.74, 6) is -0.129. The fraction of sp³-hybridized carbons (Fsp3) is 0.500. The van der Waals surface area contributed by atoms with Crippen molar-refractivity contribution in [2.45, 2.75) is 38.8 Å². The molecule has 5 nitrogen and oxygen atoms in total. The molecular weight excluding hydrogens is 266 g/mol. The minimum atomic E-state index is -0.108. The van der Waals surface area contributed by atoms with E-state index in [1.54, 1.807) is 11.9 Å². The summed E-state index contributed by atoms with van der Waals surface area (Å²) in [5, 5.41) is 2.97. The fourth-order valence-electron chi connectivity index (χ4n) is 2.69. The van der Waals surface area contributed by atoms with Crippen LogP contribution in [-0.2, 0) is 16.1 Å². The zero-order chi connectivity index (χ0) is 15.4. The molecule has 2 amide bonds. The van der Waals surface area contributed by atoms with Gasteiger partial charge >= 0.3 is 0 Å². The third-order valence-electron chi connectivity index (χ3n) is 4.13. The molecule has 2 unspecified atom stereocenters. The standard InChI is InChI=1S/C16H23N3O2/c1-11(20)19(2)10-12-6-3-4-9-15(12)18-16(21)13-7-5-8-14(13)17/h3-4,6,9,13-14H,5,7-8,10,17H2,1-2H3,(H,18,21). The Bertz CT molecular complexity index is 530. The predicted molar refractivity (Wildman–Crippen MR) is 82.5 cm³/mol. The summed E-state index contributed by atoms with van der Waals surface area (Å²) in [7, 11) is 1.74. The molecule has 1 saturated carbocycles. The molecule has 2 atom stereocenters. The highest BCUT2D eigenvalue weighted by Crippen LogP contribution is 2.26. The van der Waals surface area contributed by atoms with Gasteiger partial charge in [-0.05, 0) is 24.5 Å². The Kier molecular flexibility index (Phi) is 4.96. The van der Waals surface area contributed by atoms with Gasteiger partial charge in [-0.25, -0.2) is 0 Å². The lowest BCUT2D eigenvalue weighted by Gasteiger charge is -2.20. The molecule has 0 saturated heterocycles. The molecule has 0 radical (unpaired) electrons. The number of carbonyl (C=O) groups is 2. The van der Waals surface area contributed by atoms with E-state index in [1.807, 2.05) is 24.3 Å². The van der Waals surface area contributed by atoms with Crippen molar-refractivity contribution in [1.29, 1.82) is 0 Å². The Morgan fingerprint density at radius 1 is 1.33 bits per heavy atom. The van der Waals surface area contributed by atoms with Gasteiger partial charge in [-0.1, -0.05) is 24.6 Å². The summed E-state index contributed by atoms with van der Waals surface area (Å²) >= 11 is 0. The summed E-state index contributed by atoms with van der Waals surface area (Å²) < 4.78 is 0. The molecule has 1 fully saturated rings. The van der Waals surface area contributed by atoms with Gasteiger partial charge < -0.3 is 16.0 Å². The van der Waals surface area contributed by atoms with Crippen LogP contribution in [-0.4, -0.2) is 29.8 Å². The van der Waals surface area contributed by atoms with Crippen molar-refractivity contribution >= 4 is 17.5 Å². The van der Waals surface area contributed by atoms with Crippen LogP contribution in [0.3, 0.4) is 0 Å². The number of hydrogen-bond acceptors (Lipinski definition) is 3. The molecular formula is C16H23N3O2. The first-order valence-electron chi connectivity index (χ1n) is 7.35. The Morgan fingerprint density at radius 3 is 2.67 bits per heavy atom. The van der Waals surface area contributed by atoms with Crippen LogP contribution < -0.4 is 11.1 Å². The Hall–Kier alpha value is -1.88. The Morgan fingerprint density at radius 2 is 2.05 bits per heavy atom. The van der Waals surface area contributed by atoms with Gasteiger partial charge in [0.2, 0.25) is 11.8 Å². The van der Waals surface area contributed by atoms with E-state index in [0.717, 1.165) is 30.5 Å². The largest absolute Gasteiger partial charge is 0.342 e. The maximum atomic E-state index is 12.3. The minimum Gasteiger partial charge on any atom is -0.342 e. The van der Waals surface area contributed by atoms with E-state index in [4.69, 9.17) is 5.73 Å². The van der Waals surface area contributed by atoms with Gasteiger partial charge in [-0.2, -0.15) is 0 Å². The van der Waals surface area contributed by atoms with Gasteiger partial charge in [0.25, 0.3) is 0 Å². The number of anilines is 1. The van der Waals surface area contributed by atoms with Gasteiger partial charge in [0.05, 0.1) is 5.92 Å². The molecule has 1 aliphatic rings. The lowest BCUT2D eigenvalue weighted by atomic mass is 10.0. The summed E-state index contributed by atoms with van der Waals surface area (Å²) in [5.41, 5.74) is 7.66. The molecule has 114 valence electrons. The number of hydrogen-bond donors (Lipinski definition) is 2. The van der Waals surface area contributed by atoms with Gasteiger partial charge in [0.1, 0.15) is 0 Å². The number of rotatable bonds is 4. The van der Waals surface area contributed by atoms with Crippen molar-refractivity contribution in [2.24, 2.45) is 11.7 Å². The second-order valence-corrected chi connectivity index (χ2v) is 5.72. The van der Waals surface area contributed by atoms with Crippen LogP contribution in [0.25, 0.3) is 0 Å². The van der Waals surface area contributed by atoms with Crippen LogP contribution in [0.5, 0.6) is 0 Å². The number of amides is 2. The SMILES string of the molecule is CC(=O)N(C)Cc1ccccc1NC(=O)C1CCCC1N. The quantitative estimate of drug-likeness (QED) is 0.886. The van der Waals surface area contributed by atoms with Crippen molar-refractivity contribution in [3.05, 3.63) is 29.8 Å². The highest BCUT2D eigenvalue weighted by Gasteiger charge is 2.30. The number of carbonyl (C=O) groups excluding carboxylic acids is 2. The van der Waals surface area contributed by atoms with Gasteiger partial charge in [-0.15, -0.1) is 0 Å². The zero-order valence-electron chi connectivity index (χ0n) is 12.6.